The van der Waals surface area contributed by atoms with Crippen LogP contribution >= 0.6 is 20.2 Å². The van der Waals surface area contributed by atoms with Crippen LogP contribution in [-0.4, -0.2) is 17.1 Å². The van der Waals surface area contributed by atoms with Gasteiger partial charge in [-0.2, -0.15) is 0 Å². The zero-order valence-corrected chi connectivity index (χ0v) is 6.11. The van der Waals surface area contributed by atoms with E-state index in [0.717, 1.165) is 13.1 Å². The van der Waals surface area contributed by atoms with Crippen molar-refractivity contribution in [3.8, 4) is 0 Å². The molecular weight excluding hydrogens is 213 g/mol. The first kappa shape index (κ1) is 9.15. The predicted octanol–water partition coefficient (Wildman–Crippen LogP) is 0.460. The number of rotatable bonds is 0. The van der Waals surface area contributed by atoms with Crippen LogP contribution in [0.2, 0.25) is 0 Å². The summed E-state index contributed by atoms with van der Waals surface area (Å²) in [6.07, 6.45) is 0. The summed E-state index contributed by atoms with van der Waals surface area (Å²) in [5, 5.41) is 0. The summed E-state index contributed by atoms with van der Waals surface area (Å²) in [5.41, 5.74) is 0. The van der Waals surface area contributed by atoms with Crippen molar-refractivity contribution < 1.29 is 13.1 Å². The second kappa shape index (κ2) is 8.82. The molecule has 0 nitrogen and oxygen atoms in total. The van der Waals surface area contributed by atoms with Crippen LogP contribution in [0.25, 0.3) is 0 Å². The van der Waals surface area contributed by atoms with Crippen LogP contribution in [0.4, 0.5) is 0 Å². The topological polar surface area (TPSA) is 0 Å². The minimum absolute atomic E-state index is 0. The summed E-state index contributed by atoms with van der Waals surface area (Å²) in [4.78, 5) is 0. The fraction of sp³-hybridized carbons (Fsp3) is 0. The Labute approximate surface area is 50.3 Å². The monoisotopic (exact) mass is 215 g/mol. The number of halogens is 2. The first-order valence-corrected chi connectivity index (χ1v) is 2.82. The molecular formula is H2Cl2CuSe. The fourth-order valence-electron chi connectivity index (χ4n) is 0. The van der Waals surface area contributed by atoms with Gasteiger partial charge in [0.15, 0.2) is 0 Å². The summed E-state index contributed by atoms with van der Waals surface area (Å²) >= 11 is 0.757. The van der Waals surface area contributed by atoms with E-state index in [0.29, 0.717) is 0 Å². The molecule has 0 N–H and O–H groups in total. The van der Waals surface area contributed by atoms with E-state index in [-0.39, 0.29) is 17.1 Å². The van der Waals surface area contributed by atoms with E-state index in [1.54, 1.807) is 0 Å². The summed E-state index contributed by atoms with van der Waals surface area (Å²) in [5.74, 6) is 0. The van der Waals surface area contributed by atoms with Gasteiger partial charge in [-0.15, -0.1) is 0 Å². The van der Waals surface area contributed by atoms with Gasteiger partial charge in [-0.25, -0.2) is 0 Å². The van der Waals surface area contributed by atoms with Crippen LogP contribution in [0.5, 0.6) is 0 Å². The Morgan fingerprint density at radius 3 is 1.25 bits per heavy atom. The third kappa shape index (κ3) is 9.47. The molecule has 4 heteroatoms. The van der Waals surface area contributed by atoms with Gasteiger partial charge >= 0.3 is 50.4 Å². The summed E-state index contributed by atoms with van der Waals surface area (Å²) in [7, 11) is 9.34. The van der Waals surface area contributed by atoms with Gasteiger partial charge in [0.05, 0.1) is 0 Å². The maximum atomic E-state index is 4.67. The molecule has 0 aromatic rings. The van der Waals surface area contributed by atoms with E-state index in [9.17, 15) is 0 Å². The second-order valence-electron chi connectivity index (χ2n) is 0.0431. The molecule has 0 radical (unpaired) electrons. The Hall–Kier alpha value is 1.62. The summed E-state index contributed by atoms with van der Waals surface area (Å²) in [6, 6.07) is 0. The van der Waals surface area contributed by atoms with Gasteiger partial charge in [-0.3, -0.25) is 0 Å². The SMILES string of the molecule is [Cl][Cu][Cl].[SeH2]. The van der Waals surface area contributed by atoms with Crippen LogP contribution in [0.3, 0.4) is 0 Å². The predicted molar refractivity (Wildman–Crippen MR) is 20.2 cm³/mol. The van der Waals surface area contributed by atoms with Gasteiger partial charge in [0.25, 0.3) is 0 Å². The molecule has 0 rings (SSSR count). The normalized spacial score (nSPS) is 5.50. The van der Waals surface area contributed by atoms with Crippen LogP contribution in [0.15, 0.2) is 0 Å². The Morgan fingerprint density at radius 1 is 1.25 bits per heavy atom. The molecule has 4 heavy (non-hydrogen) atoms. The van der Waals surface area contributed by atoms with Gasteiger partial charge in [-0.1, -0.05) is 0 Å². The van der Waals surface area contributed by atoms with Crippen LogP contribution in [0, 0.1) is 0 Å². The third-order valence-electron chi connectivity index (χ3n) is 0. The molecule has 0 aliphatic heterocycles. The van der Waals surface area contributed by atoms with Crippen molar-refractivity contribution in [3.05, 3.63) is 0 Å². The Bertz CT molecular complexity index is 6.00. The molecule has 0 bridgehead atoms. The van der Waals surface area contributed by atoms with Crippen LogP contribution in [-0.2, 0) is 13.1 Å². The zero-order chi connectivity index (χ0) is 2.71. The van der Waals surface area contributed by atoms with E-state index < -0.39 is 0 Å². The van der Waals surface area contributed by atoms with Gasteiger partial charge < -0.3 is 0 Å². The average molecular weight is 215 g/mol. The molecule has 0 fully saturated rings. The van der Waals surface area contributed by atoms with Gasteiger partial charge in [-0.05, 0) is 0 Å². The van der Waals surface area contributed by atoms with E-state index >= 15 is 0 Å². The first-order valence-electron chi connectivity index (χ1n) is 0.228. The number of hydrogen-bond donors (Lipinski definition) is 0. The van der Waals surface area contributed by atoms with Crippen molar-refractivity contribution in [2.75, 3.05) is 0 Å². The Kier molecular flexibility index (Phi) is 20.2. The van der Waals surface area contributed by atoms with Crippen molar-refractivity contribution in [1.82, 2.24) is 0 Å². The van der Waals surface area contributed by atoms with E-state index in [1.165, 1.54) is 0 Å². The molecule has 0 spiro atoms. The van der Waals surface area contributed by atoms with Gasteiger partial charge in [0.2, 0.25) is 0 Å². The summed E-state index contributed by atoms with van der Waals surface area (Å²) < 4.78 is 0. The van der Waals surface area contributed by atoms with E-state index in [2.05, 4.69) is 20.2 Å². The Morgan fingerprint density at radius 2 is 1.25 bits per heavy atom. The van der Waals surface area contributed by atoms with Crippen molar-refractivity contribution in [3.63, 3.8) is 0 Å². The molecule has 0 unspecified atom stereocenters. The fourth-order valence-corrected chi connectivity index (χ4v) is 0. The molecule has 0 heterocycles. The van der Waals surface area contributed by atoms with Gasteiger partial charge in [0, 0.05) is 0 Å². The van der Waals surface area contributed by atoms with Crippen molar-refractivity contribution in [2.45, 2.75) is 0 Å². The van der Waals surface area contributed by atoms with Crippen molar-refractivity contribution in [1.29, 1.82) is 0 Å². The quantitative estimate of drug-likeness (QED) is 0.515. The summed E-state index contributed by atoms with van der Waals surface area (Å²) in [6.45, 7) is 0. The standard InChI is InChI=1S/2ClH.Cu.H2Se/h2*1H;;1H2/q;;+2;/p-2. The van der Waals surface area contributed by atoms with Crippen molar-refractivity contribution in [2.24, 2.45) is 0 Å². The second-order valence-corrected chi connectivity index (χ2v) is 1.60. The first-order chi connectivity index (χ1) is 1.41. The molecule has 0 aromatic heterocycles. The molecule has 0 saturated heterocycles. The van der Waals surface area contributed by atoms with Gasteiger partial charge in [0.1, 0.15) is 0 Å². The van der Waals surface area contributed by atoms with Crippen LogP contribution in [0.1, 0.15) is 0 Å². The molecule has 0 aliphatic rings. The van der Waals surface area contributed by atoms with Crippen molar-refractivity contribution >= 4 is 37.3 Å². The molecule has 0 atom stereocenters. The van der Waals surface area contributed by atoms with E-state index in [1.807, 2.05) is 0 Å². The maximum absolute atomic E-state index is 4.67. The third-order valence-corrected chi connectivity index (χ3v) is 0. The van der Waals surface area contributed by atoms with Crippen LogP contribution < -0.4 is 0 Å². The average Bonchev–Trinajstić information content (AvgIpc) is 0.918. The van der Waals surface area contributed by atoms with E-state index in [4.69, 9.17) is 0 Å². The molecule has 0 amide bonds. The zero-order valence-electron chi connectivity index (χ0n) is 1.56. The molecule has 0 aromatic carbocycles. The Balaban J connectivity index is 0. The minimum atomic E-state index is 0. The molecule has 33 valence electrons. The number of hydrogen-bond acceptors (Lipinski definition) is 0. The molecule has 0 saturated carbocycles. The molecule has 0 aliphatic carbocycles.